The van der Waals surface area contributed by atoms with Gasteiger partial charge in [-0.15, -0.1) is 0 Å². The Morgan fingerprint density at radius 2 is 2.12 bits per heavy atom. The molecule has 17 heavy (non-hydrogen) atoms. The average molecular weight is 234 g/mol. The van der Waals surface area contributed by atoms with E-state index >= 15 is 0 Å². The van der Waals surface area contributed by atoms with E-state index in [-0.39, 0.29) is 5.78 Å². The molecular formula is C13H14O4. The number of aryl methyl sites for hydroxylation is 1. The second kappa shape index (κ2) is 4.57. The van der Waals surface area contributed by atoms with Crippen LogP contribution in [0.15, 0.2) is 18.2 Å². The van der Waals surface area contributed by atoms with E-state index in [1.807, 2.05) is 12.1 Å². The number of esters is 1. The topological polar surface area (TPSA) is 52.6 Å². The van der Waals surface area contributed by atoms with Crippen LogP contribution in [-0.4, -0.2) is 26.0 Å². The van der Waals surface area contributed by atoms with Gasteiger partial charge in [0.05, 0.1) is 14.2 Å². The van der Waals surface area contributed by atoms with Gasteiger partial charge < -0.3 is 9.47 Å². The van der Waals surface area contributed by atoms with Crippen molar-refractivity contribution in [2.24, 2.45) is 5.92 Å². The Kier molecular flexibility index (Phi) is 3.13. The minimum absolute atomic E-state index is 0.169. The van der Waals surface area contributed by atoms with Crippen LogP contribution in [0.2, 0.25) is 0 Å². The monoisotopic (exact) mass is 234 g/mol. The van der Waals surface area contributed by atoms with Gasteiger partial charge in [-0.1, -0.05) is 6.07 Å². The summed E-state index contributed by atoms with van der Waals surface area (Å²) in [6.45, 7) is 0. The van der Waals surface area contributed by atoms with Crippen LogP contribution in [0.5, 0.6) is 5.75 Å². The zero-order valence-corrected chi connectivity index (χ0v) is 9.86. The molecule has 0 bridgehead atoms. The first-order valence-corrected chi connectivity index (χ1v) is 5.46. The number of benzene rings is 1. The van der Waals surface area contributed by atoms with E-state index in [1.165, 1.54) is 7.11 Å². The number of methoxy groups -OCH3 is 2. The molecule has 4 heteroatoms. The smallest absolute Gasteiger partial charge is 0.316 e. The quantitative estimate of drug-likeness (QED) is 0.576. The van der Waals surface area contributed by atoms with Crippen molar-refractivity contribution in [3.05, 3.63) is 29.3 Å². The zero-order chi connectivity index (χ0) is 12.4. The molecule has 2 rings (SSSR count). The van der Waals surface area contributed by atoms with Gasteiger partial charge in [0.25, 0.3) is 0 Å². The standard InChI is InChI=1S/C13H14O4/c1-16-9-5-3-8-4-6-10(13(15)17-2)12(14)11(8)7-9/h3,5,7,10H,4,6H2,1-2H3/t10-/m1/s1. The molecule has 1 aromatic carbocycles. The van der Waals surface area contributed by atoms with E-state index in [4.69, 9.17) is 4.74 Å². The molecule has 0 saturated heterocycles. The predicted molar refractivity (Wildman–Crippen MR) is 61.2 cm³/mol. The highest BCUT2D eigenvalue weighted by atomic mass is 16.5. The highest BCUT2D eigenvalue weighted by Gasteiger charge is 2.33. The minimum Gasteiger partial charge on any atom is -0.497 e. The second-order valence-corrected chi connectivity index (χ2v) is 4.00. The molecule has 0 saturated carbocycles. The Balaban J connectivity index is 2.36. The first-order chi connectivity index (χ1) is 8.17. The van der Waals surface area contributed by atoms with Crippen molar-refractivity contribution >= 4 is 11.8 Å². The molecule has 0 fully saturated rings. The predicted octanol–water partition coefficient (Wildman–Crippen LogP) is 1.61. The molecule has 1 aliphatic carbocycles. The molecule has 4 nitrogen and oxygen atoms in total. The van der Waals surface area contributed by atoms with Gasteiger partial charge in [0, 0.05) is 5.56 Å². The molecule has 0 radical (unpaired) electrons. The summed E-state index contributed by atoms with van der Waals surface area (Å²) in [7, 11) is 2.85. The SMILES string of the molecule is COC(=O)[C@@H]1CCc2ccc(OC)cc2C1=O. The summed E-state index contributed by atoms with van der Waals surface area (Å²) >= 11 is 0. The molecule has 0 spiro atoms. The summed E-state index contributed by atoms with van der Waals surface area (Å²) < 4.78 is 9.72. The summed E-state index contributed by atoms with van der Waals surface area (Å²) in [4.78, 5) is 23.6. The lowest BCUT2D eigenvalue weighted by atomic mass is 9.82. The van der Waals surface area contributed by atoms with Gasteiger partial charge in [-0.2, -0.15) is 0 Å². The number of carbonyl (C=O) groups is 2. The maximum Gasteiger partial charge on any atom is 0.316 e. The van der Waals surface area contributed by atoms with Crippen molar-refractivity contribution in [3.8, 4) is 5.75 Å². The van der Waals surface area contributed by atoms with Crippen molar-refractivity contribution in [1.29, 1.82) is 0 Å². The highest BCUT2D eigenvalue weighted by Crippen LogP contribution is 2.29. The summed E-state index contributed by atoms with van der Waals surface area (Å²) in [6, 6.07) is 5.39. The molecule has 0 amide bonds. The molecule has 0 N–H and O–H groups in total. The number of hydrogen-bond acceptors (Lipinski definition) is 4. The van der Waals surface area contributed by atoms with E-state index < -0.39 is 11.9 Å². The van der Waals surface area contributed by atoms with Crippen molar-refractivity contribution in [2.45, 2.75) is 12.8 Å². The van der Waals surface area contributed by atoms with Crippen LogP contribution in [0, 0.1) is 5.92 Å². The molecule has 0 heterocycles. The number of carbonyl (C=O) groups excluding carboxylic acids is 2. The van der Waals surface area contributed by atoms with Crippen molar-refractivity contribution in [1.82, 2.24) is 0 Å². The molecule has 0 aliphatic heterocycles. The number of rotatable bonds is 2. The minimum atomic E-state index is -0.667. The second-order valence-electron chi connectivity index (χ2n) is 4.00. The van der Waals surface area contributed by atoms with E-state index in [0.717, 1.165) is 5.56 Å². The fourth-order valence-corrected chi connectivity index (χ4v) is 2.12. The van der Waals surface area contributed by atoms with Gasteiger partial charge in [0.1, 0.15) is 11.7 Å². The largest absolute Gasteiger partial charge is 0.497 e. The van der Waals surface area contributed by atoms with Crippen LogP contribution in [0.1, 0.15) is 22.3 Å². The third kappa shape index (κ3) is 2.02. The molecule has 0 aromatic heterocycles. The Morgan fingerprint density at radius 1 is 1.35 bits per heavy atom. The van der Waals surface area contributed by atoms with Crippen LogP contribution in [0.3, 0.4) is 0 Å². The van der Waals surface area contributed by atoms with Crippen molar-refractivity contribution in [2.75, 3.05) is 14.2 Å². The Morgan fingerprint density at radius 3 is 2.76 bits per heavy atom. The Bertz CT molecular complexity index is 464. The molecule has 1 atom stereocenters. The molecule has 1 aliphatic rings. The maximum absolute atomic E-state index is 12.1. The Hall–Kier alpha value is -1.84. The molecule has 1 aromatic rings. The van der Waals surface area contributed by atoms with Crippen LogP contribution in [-0.2, 0) is 16.0 Å². The van der Waals surface area contributed by atoms with Crippen molar-refractivity contribution in [3.63, 3.8) is 0 Å². The summed E-state index contributed by atoms with van der Waals surface area (Å²) in [5, 5.41) is 0. The Labute approximate surface area is 99.5 Å². The van der Waals surface area contributed by atoms with Gasteiger partial charge in [0.15, 0.2) is 5.78 Å². The van der Waals surface area contributed by atoms with Gasteiger partial charge in [-0.3, -0.25) is 9.59 Å². The van der Waals surface area contributed by atoms with Gasteiger partial charge >= 0.3 is 5.97 Å². The maximum atomic E-state index is 12.1. The fourth-order valence-electron chi connectivity index (χ4n) is 2.12. The van der Waals surface area contributed by atoms with E-state index in [2.05, 4.69) is 4.74 Å². The summed E-state index contributed by atoms with van der Waals surface area (Å²) in [5.41, 5.74) is 1.54. The number of ether oxygens (including phenoxy) is 2. The first kappa shape index (κ1) is 11.6. The van der Waals surface area contributed by atoms with E-state index in [9.17, 15) is 9.59 Å². The van der Waals surface area contributed by atoms with Crippen LogP contribution in [0.4, 0.5) is 0 Å². The van der Waals surface area contributed by atoms with E-state index in [0.29, 0.717) is 24.2 Å². The fraction of sp³-hybridized carbons (Fsp3) is 0.385. The molecule has 90 valence electrons. The highest BCUT2D eigenvalue weighted by molar-refractivity contribution is 6.10. The van der Waals surface area contributed by atoms with Crippen LogP contribution < -0.4 is 4.74 Å². The number of Topliss-reactive ketones (excluding diaryl/α,β-unsaturated/α-hetero) is 1. The average Bonchev–Trinajstić information content (AvgIpc) is 2.38. The molecular weight excluding hydrogens is 220 g/mol. The number of hydrogen-bond donors (Lipinski definition) is 0. The number of fused-ring (bicyclic) bond motifs is 1. The van der Waals surface area contributed by atoms with Crippen LogP contribution in [0.25, 0.3) is 0 Å². The number of ketones is 1. The lowest BCUT2D eigenvalue weighted by Crippen LogP contribution is -2.30. The first-order valence-electron chi connectivity index (χ1n) is 5.46. The van der Waals surface area contributed by atoms with E-state index in [1.54, 1.807) is 13.2 Å². The lowest BCUT2D eigenvalue weighted by Gasteiger charge is -2.21. The molecule has 0 unspecified atom stereocenters. The summed E-state index contributed by atoms with van der Waals surface area (Å²) in [5.74, 6) is -0.664. The third-order valence-corrected chi connectivity index (χ3v) is 3.09. The lowest BCUT2D eigenvalue weighted by molar-refractivity contribution is -0.143. The van der Waals surface area contributed by atoms with Gasteiger partial charge in [-0.25, -0.2) is 0 Å². The third-order valence-electron chi connectivity index (χ3n) is 3.09. The van der Waals surface area contributed by atoms with Gasteiger partial charge in [0.2, 0.25) is 0 Å². The van der Waals surface area contributed by atoms with Gasteiger partial charge in [-0.05, 0) is 30.5 Å². The summed E-state index contributed by atoms with van der Waals surface area (Å²) in [6.07, 6.45) is 1.23. The zero-order valence-electron chi connectivity index (χ0n) is 9.86. The van der Waals surface area contributed by atoms with Crippen molar-refractivity contribution < 1.29 is 19.1 Å². The normalized spacial score (nSPS) is 18.5. The van der Waals surface area contributed by atoms with Crippen LogP contribution >= 0.6 is 0 Å².